The molecule has 4 nitrogen and oxygen atoms in total. The van der Waals surface area contributed by atoms with E-state index in [2.05, 4.69) is 65.8 Å². The van der Waals surface area contributed by atoms with Gasteiger partial charge in [-0.2, -0.15) is 0 Å². The van der Waals surface area contributed by atoms with Crippen LogP contribution in [0.15, 0.2) is 48.5 Å². The Labute approximate surface area is 197 Å². The zero-order valence-corrected chi connectivity index (χ0v) is 20.1. The summed E-state index contributed by atoms with van der Waals surface area (Å²) in [5, 5.41) is 0.601. The van der Waals surface area contributed by atoms with E-state index in [-0.39, 0.29) is 5.24 Å². The van der Waals surface area contributed by atoms with Gasteiger partial charge in [-0.15, -0.1) is 0 Å². The SMILES string of the molecule is CCCCc1ccc(N(CCCN2CCN(Cc3ccc(Cl)cc3)CC2)C(=O)S)cc1. The van der Waals surface area contributed by atoms with Crippen molar-refractivity contribution in [3.63, 3.8) is 0 Å². The first-order valence-electron chi connectivity index (χ1n) is 11.3. The lowest BCUT2D eigenvalue weighted by Crippen LogP contribution is -2.46. The van der Waals surface area contributed by atoms with E-state index in [1.807, 2.05) is 12.1 Å². The van der Waals surface area contributed by atoms with Crippen molar-refractivity contribution >= 4 is 35.2 Å². The number of piperazine rings is 1. The number of benzene rings is 2. The second-order valence-electron chi connectivity index (χ2n) is 8.30. The molecule has 0 radical (unpaired) electrons. The molecule has 0 N–H and O–H groups in total. The van der Waals surface area contributed by atoms with E-state index < -0.39 is 0 Å². The molecule has 1 aliphatic heterocycles. The Balaban J connectivity index is 1.41. The summed E-state index contributed by atoms with van der Waals surface area (Å²) < 4.78 is 0. The Bertz CT molecular complexity index is 805. The van der Waals surface area contributed by atoms with Gasteiger partial charge in [0.15, 0.2) is 0 Å². The first kappa shape index (κ1) is 24.1. The van der Waals surface area contributed by atoms with Gasteiger partial charge in [0.05, 0.1) is 0 Å². The summed E-state index contributed by atoms with van der Waals surface area (Å²) >= 11 is 10.1. The summed E-state index contributed by atoms with van der Waals surface area (Å²) in [5.41, 5.74) is 3.57. The molecule has 1 saturated heterocycles. The van der Waals surface area contributed by atoms with Gasteiger partial charge in [0.2, 0.25) is 0 Å². The number of hydrogen-bond donors (Lipinski definition) is 1. The minimum Gasteiger partial charge on any atom is -0.303 e. The Hall–Kier alpha value is -1.53. The van der Waals surface area contributed by atoms with Gasteiger partial charge in [0.25, 0.3) is 5.24 Å². The van der Waals surface area contributed by atoms with Crippen molar-refractivity contribution in [2.45, 2.75) is 39.2 Å². The summed E-state index contributed by atoms with van der Waals surface area (Å²) in [6, 6.07) is 16.5. The predicted octanol–water partition coefficient (Wildman–Crippen LogP) is 5.75. The van der Waals surface area contributed by atoms with E-state index in [0.717, 1.165) is 62.8 Å². The number of rotatable bonds is 10. The number of carbonyl (C=O) groups excluding carboxylic acids is 1. The molecule has 0 spiro atoms. The van der Waals surface area contributed by atoms with E-state index in [0.29, 0.717) is 6.54 Å². The van der Waals surface area contributed by atoms with Crippen LogP contribution in [0.25, 0.3) is 0 Å². The van der Waals surface area contributed by atoms with Crippen molar-refractivity contribution in [3.8, 4) is 0 Å². The number of aryl methyl sites for hydroxylation is 1. The second kappa shape index (κ2) is 12.5. The monoisotopic (exact) mass is 459 g/mol. The topological polar surface area (TPSA) is 26.8 Å². The van der Waals surface area contributed by atoms with Crippen molar-refractivity contribution in [1.29, 1.82) is 0 Å². The normalized spacial score (nSPS) is 15.2. The lowest BCUT2D eigenvalue weighted by molar-refractivity contribution is 0.126. The number of halogens is 1. The zero-order chi connectivity index (χ0) is 22.1. The highest BCUT2D eigenvalue weighted by atomic mass is 35.5. The Morgan fingerprint density at radius 2 is 1.55 bits per heavy atom. The summed E-state index contributed by atoms with van der Waals surface area (Å²) in [4.78, 5) is 18.8. The molecule has 31 heavy (non-hydrogen) atoms. The molecule has 0 aromatic heterocycles. The lowest BCUT2D eigenvalue weighted by Gasteiger charge is -2.35. The van der Waals surface area contributed by atoms with Crippen LogP contribution in [-0.4, -0.2) is 54.3 Å². The third kappa shape index (κ3) is 7.83. The molecule has 3 rings (SSSR count). The van der Waals surface area contributed by atoms with Gasteiger partial charge in [-0.3, -0.25) is 9.69 Å². The number of carbonyl (C=O) groups is 1. The van der Waals surface area contributed by atoms with Crippen LogP contribution >= 0.6 is 24.2 Å². The molecule has 0 unspecified atom stereocenters. The van der Waals surface area contributed by atoms with Crippen LogP contribution in [0.1, 0.15) is 37.3 Å². The second-order valence-corrected chi connectivity index (χ2v) is 9.12. The molecule has 2 aromatic rings. The van der Waals surface area contributed by atoms with E-state index in [9.17, 15) is 4.79 Å². The van der Waals surface area contributed by atoms with E-state index in [4.69, 9.17) is 11.6 Å². The molecule has 0 aliphatic carbocycles. The number of amides is 1. The van der Waals surface area contributed by atoms with Gasteiger partial charge in [-0.1, -0.05) is 61.8 Å². The zero-order valence-electron chi connectivity index (χ0n) is 18.5. The van der Waals surface area contributed by atoms with Crippen molar-refractivity contribution in [2.75, 3.05) is 44.2 Å². The highest BCUT2D eigenvalue weighted by molar-refractivity contribution is 7.96. The summed E-state index contributed by atoms with van der Waals surface area (Å²) in [6.07, 6.45) is 4.43. The quantitative estimate of drug-likeness (QED) is 0.458. The number of anilines is 1. The maximum atomic E-state index is 12.1. The van der Waals surface area contributed by atoms with Gasteiger partial charge in [-0.05, 0) is 61.2 Å². The van der Waals surface area contributed by atoms with Crippen LogP contribution in [0.2, 0.25) is 5.02 Å². The van der Waals surface area contributed by atoms with Gasteiger partial charge in [0.1, 0.15) is 0 Å². The molecule has 1 aliphatic rings. The Morgan fingerprint density at radius 3 is 2.16 bits per heavy atom. The van der Waals surface area contributed by atoms with Crippen LogP contribution in [0.4, 0.5) is 10.5 Å². The molecule has 2 aromatic carbocycles. The van der Waals surface area contributed by atoms with Crippen LogP contribution < -0.4 is 4.90 Å². The molecular formula is C25H34ClN3OS. The van der Waals surface area contributed by atoms with Gasteiger partial charge < -0.3 is 9.80 Å². The third-order valence-electron chi connectivity index (χ3n) is 5.94. The fourth-order valence-electron chi connectivity index (χ4n) is 4.03. The van der Waals surface area contributed by atoms with Crippen molar-refractivity contribution in [1.82, 2.24) is 9.80 Å². The summed E-state index contributed by atoms with van der Waals surface area (Å²) in [5.74, 6) is 0. The highest BCUT2D eigenvalue weighted by Gasteiger charge is 2.18. The lowest BCUT2D eigenvalue weighted by atomic mass is 10.1. The molecule has 0 atom stereocenters. The molecular weight excluding hydrogens is 426 g/mol. The molecule has 0 bridgehead atoms. The fourth-order valence-corrected chi connectivity index (χ4v) is 4.37. The molecule has 1 amide bonds. The van der Waals surface area contributed by atoms with E-state index in [1.165, 1.54) is 24.0 Å². The number of nitrogens with zero attached hydrogens (tertiary/aromatic N) is 3. The Kier molecular flexibility index (Phi) is 9.72. The van der Waals surface area contributed by atoms with Crippen molar-refractivity contribution in [2.24, 2.45) is 0 Å². The molecule has 1 fully saturated rings. The van der Waals surface area contributed by atoms with Crippen LogP contribution in [0.3, 0.4) is 0 Å². The number of unbranched alkanes of at least 4 members (excludes halogenated alkanes) is 1. The molecule has 0 saturated carbocycles. The minimum atomic E-state index is -0.186. The van der Waals surface area contributed by atoms with Crippen molar-refractivity contribution in [3.05, 3.63) is 64.7 Å². The van der Waals surface area contributed by atoms with Crippen LogP contribution in [-0.2, 0) is 13.0 Å². The third-order valence-corrected chi connectivity index (χ3v) is 6.43. The highest BCUT2D eigenvalue weighted by Crippen LogP contribution is 2.19. The molecule has 1 heterocycles. The average molecular weight is 460 g/mol. The van der Waals surface area contributed by atoms with Crippen molar-refractivity contribution < 1.29 is 4.79 Å². The minimum absolute atomic E-state index is 0.186. The summed E-state index contributed by atoms with van der Waals surface area (Å²) in [6.45, 7) is 9.14. The largest absolute Gasteiger partial charge is 0.303 e. The predicted molar refractivity (Wildman–Crippen MR) is 135 cm³/mol. The maximum Gasteiger partial charge on any atom is 0.282 e. The van der Waals surface area contributed by atoms with Gasteiger partial charge in [-0.25, -0.2) is 0 Å². The number of hydrogen-bond acceptors (Lipinski definition) is 3. The van der Waals surface area contributed by atoms with Gasteiger partial charge in [0, 0.05) is 50.0 Å². The van der Waals surface area contributed by atoms with Crippen LogP contribution in [0, 0.1) is 0 Å². The smallest absolute Gasteiger partial charge is 0.282 e. The molecule has 6 heteroatoms. The van der Waals surface area contributed by atoms with Crippen LogP contribution in [0.5, 0.6) is 0 Å². The summed E-state index contributed by atoms with van der Waals surface area (Å²) in [7, 11) is 0. The van der Waals surface area contributed by atoms with E-state index >= 15 is 0 Å². The Morgan fingerprint density at radius 1 is 0.935 bits per heavy atom. The first-order valence-corrected chi connectivity index (χ1v) is 12.2. The van der Waals surface area contributed by atoms with E-state index in [1.54, 1.807) is 4.90 Å². The fraction of sp³-hybridized carbons (Fsp3) is 0.480. The average Bonchev–Trinajstić information content (AvgIpc) is 2.78. The van der Waals surface area contributed by atoms with Gasteiger partial charge >= 0.3 is 0 Å². The standard InChI is InChI=1S/C25H34ClN3OS/c1-2-3-5-21-8-12-24(13-9-21)29(25(30)31)15-4-14-27-16-18-28(19-17-27)20-22-6-10-23(26)11-7-22/h6-13H,2-5,14-20H2,1H3,(H,30,31). The maximum absolute atomic E-state index is 12.1. The number of thiol groups is 1. The molecule has 168 valence electrons. The first-order chi connectivity index (χ1) is 15.0.